The highest BCUT2D eigenvalue weighted by Crippen LogP contribution is 2.35. The summed E-state index contributed by atoms with van der Waals surface area (Å²) < 4.78 is 0. The Morgan fingerprint density at radius 3 is 2.43 bits per heavy atom. The van der Waals surface area contributed by atoms with Crippen LogP contribution in [0.5, 0.6) is 5.75 Å². The van der Waals surface area contributed by atoms with E-state index in [1.54, 1.807) is 30.3 Å². The molecule has 0 spiro atoms. The summed E-state index contributed by atoms with van der Waals surface area (Å²) in [6, 6.07) is 20.2. The van der Waals surface area contributed by atoms with Crippen molar-refractivity contribution in [3.8, 4) is 11.8 Å². The number of hydrogen-bond acceptors (Lipinski definition) is 4. The van der Waals surface area contributed by atoms with Crippen molar-refractivity contribution in [3.05, 3.63) is 72.8 Å². The number of nitriles is 1. The van der Waals surface area contributed by atoms with Crippen molar-refractivity contribution in [1.29, 1.82) is 5.26 Å². The fraction of sp³-hybridized carbons (Fsp3) is 0. The highest BCUT2D eigenvalue weighted by molar-refractivity contribution is 5.95. The first kappa shape index (κ1) is 14.5. The molecule has 4 heteroatoms. The Hall–Kier alpha value is -3.45. The number of aromatic hydroxyl groups is 1. The van der Waals surface area contributed by atoms with E-state index in [9.17, 15) is 5.11 Å². The Balaban J connectivity index is 1.96. The van der Waals surface area contributed by atoms with Crippen LogP contribution in [0, 0.1) is 11.3 Å². The topological polar surface area (TPSA) is 68.7 Å². The van der Waals surface area contributed by atoms with Crippen molar-refractivity contribution in [2.24, 2.45) is 10.2 Å². The molecule has 0 atom stereocenters. The molecule has 4 nitrogen and oxygen atoms in total. The van der Waals surface area contributed by atoms with E-state index in [2.05, 4.69) is 16.8 Å². The largest absolute Gasteiger partial charge is 0.506 e. The molecule has 0 heterocycles. The summed E-state index contributed by atoms with van der Waals surface area (Å²) in [5.74, 6) is 0.0851. The van der Waals surface area contributed by atoms with Crippen molar-refractivity contribution in [3.63, 3.8) is 0 Å². The molecule has 23 heavy (non-hydrogen) atoms. The van der Waals surface area contributed by atoms with E-state index < -0.39 is 0 Å². The molecule has 3 aromatic carbocycles. The number of rotatable bonds is 3. The Bertz CT molecular complexity index is 951. The molecule has 3 aromatic rings. The van der Waals surface area contributed by atoms with Crippen molar-refractivity contribution in [1.82, 2.24) is 0 Å². The van der Waals surface area contributed by atoms with Gasteiger partial charge in [-0.15, -0.1) is 5.11 Å². The van der Waals surface area contributed by atoms with Gasteiger partial charge in [0, 0.05) is 5.39 Å². The average Bonchev–Trinajstić information content (AvgIpc) is 2.60. The third-order valence-corrected chi connectivity index (χ3v) is 3.50. The van der Waals surface area contributed by atoms with Crippen molar-refractivity contribution >= 4 is 27.7 Å². The van der Waals surface area contributed by atoms with Crippen LogP contribution < -0.4 is 0 Å². The fourth-order valence-electron chi connectivity index (χ4n) is 2.25. The SMILES string of the molecule is C=C(C#N)c1ccc(N=Nc2c(O)ccc3ccccc23)cc1. The summed E-state index contributed by atoms with van der Waals surface area (Å²) in [7, 11) is 0. The predicted molar refractivity (Wildman–Crippen MR) is 90.9 cm³/mol. The molecule has 0 unspecified atom stereocenters. The van der Waals surface area contributed by atoms with Crippen LogP contribution in [0.25, 0.3) is 16.3 Å². The summed E-state index contributed by atoms with van der Waals surface area (Å²) >= 11 is 0. The summed E-state index contributed by atoms with van der Waals surface area (Å²) in [4.78, 5) is 0. The zero-order valence-corrected chi connectivity index (χ0v) is 12.3. The second kappa shape index (κ2) is 6.12. The second-order valence-electron chi connectivity index (χ2n) is 4.99. The molecular formula is C19H13N3O. The molecule has 0 saturated carbocycles. The van der Waals surface area contributed by atoms with Crippen LogP contribution >= 0.6 is 0 Å². The summed E-state index contributed by atoms with van der Waals surface area (Å²) in [6.45, 7) is 3.66. The first-order valence-corrected chi connectivity index (χ1v) is 7.01. The lowest BCUT2D eigenvalue weighted by Crippen LogP contribution is -1.77. The van der Waals surface area contributed by atoms with Crippen LogP contribution in [0.15, 0.2) is 77.5 Å². The number of fused-ring (bicyclic) bond motifs is 1. The van der Waals surface area contributed by atoms with Gasteiger partial charge in [0.2, 0.25) is 0 Å². The minimum absolute atomic E-state index is 0.0851. The van der Waals surface area contributed by atoms with Gasteiger partial charge in [-0.1, -0.05) is 49.0 Å². The maximum Gasteiger partial charge on any atom is 0.143 e. The fourth-order valence-corrected chi connectivity index (χ4v) is 2.25. The number of phenols is 1. The second-order valence-corrected chi connectivity index (χ2v) is 4.99. The van der Waals surface area contributed by atoms with Gasteiger partial charge in [0.1, 0.15) is 11.4 Å². The molecular weight excluding hydrogens is 286 g/mol. The molecule has 0 fully saturated rings. The van der Waals surface area contributed by atoms with Crippen LogP contribution in [0.4, 0.5) is 11.4 Å². The molecule has 0 aliphatic rings. The van der Waals surface area contributed by atoms with Gasteiger partial charge in [0.05, 0.1) is 17.3 Å². The molecule has 0 aromatic heterocycles. The quantitative estimate of drug-likeness (QED) is 0.512. The predicted octanol–water partition coefficient (Wildman–Crippen LogP) is 5.50. The number of azo groups is 1. The lowest BCUT2D eigenvalue weighted by atomic mass is 10.1. The van der Waals surface area contributed by atoms with Crippen LogP contribution in [-0.4, -0.2) is 5.11 Å². The number of allylic oxidation sites excluding steroid dienone is 1. The van der Waals surface area contributed by atoms with E-state index in [1.165, 1.54) is 0 Å². The molecule has 3 rings (SSSR count). The van der Waals surface area contributed by atoms with Crippen LogP contribution in [0.2, 0.25) is 0 Å². The van der Waals surface area contributed by atoms with Crippen molar-refractivity contribution in [2.45, 2.75) is 0 Å². The number of benzene rings is 3. The van der Waals surface area contributed by atoms with Crippen LogP contribution in [0.1, 0.15) is 5.56 Å². The van der Waals surface area contributed by atoms with Crippen molar-refractivity contribution < 1.29 is 5.11 Å². The van der Waals surface area contributed by atoms with Crippen molar-refractivity contribution in [2.75, 3.05) is 0 Å². The van der Waals surface area contributed by atoms with E-state index in [4.69, 9.17) is 5.26 Å². The molecule has 0 radical (unpaired) electrons. The molecule has 110 valence electrons. The van der Waals surface area contributed by atoms with Gasteiger partial charge in [0.25, 0.3) is 0 Å². The average molecular weight is 299 g/mol. The Labute approximate surface area is 133 Å². The summed E-state index contributed by atoms with van der Waals surface area (Å²) in [5.41, 5.74) is 2.22. The standard InChI is InChI=1S/C19H13N3O/c1-13(12-20)14-6-9-16(10-7-14)21-22-19-17-5-3-2-4-15(17)8-11-18(19)23/h2-11,23H,1H2. The van der Waals surface area contributed by atoms with E-state index in [0.717, 1.165) is 16.3 Å². The van der Waals surface area contributed by atoms with Crippen LogP contribution in [0.3, 0.4) is 0 Å². The van der Waals surface area contributed by atoms with E-state index in [-0.39, 0.29) is 5.75 Å². The van der Waals surface area contributed by atoms with Crippen LogP contribution in [-0.2, 0) is 0 Å². The van der Waals surface area contributed by atoms with Gasteiger partial charge in [-0.2, -0.15) is 10.4 Å². The number of phenolic OH excluding ortho intramolecular Hbond substituents is 1. The van der Waals surface area contributed by atoms with E-state index >= 15 is 0 Å². The van der Waals surface area contributed by atoms with Gasteiger partial charge in [-0.25, -0.2) is 0 Å². The minimum atomic E-state index is 0.0851. The molecule has 0 aliphatic heterocycles. The Morgan fingerprint density at radius 1 is 0.957 bits per heavy atom. The molecule has 1 N–H and O–H groups in total. The molecule has 0 bridgehead atoms. The molecule has 0 amide bonds. The van der Waals surface area contributed by atoms with Gasteiger partial charge in [-0.3, -0.25) is 0 Å². The Morgan fingerprint density at radius 2 is 1.70 bits per heavy atom. The maximum atomic E-state index is 10.0. The smallest absolute Gasteiger partial charge is 0.143 e. The Kier molecular flexibility index (Phi) is 3.86. The first-order chi connectivity index (χ1) is 11.2. The zero-order chi connectivity index (χ0) is 16.2. The monoisotopic (exact) mass is 299 g/mol. The normalized spacial score (nSPS) is 10.7. The summed E-state index contributed by atoms with van der Waals surface area (Å²) in [5, 5.41) is 29.0. The number of nitrogens with zero attached hydrogens (tertiary/aromatic N) is 3. The molecule has 0 aliphatic carbocycles. The lowest BCUT2D eigenvalue weighted by molar-refractivity contribution is 0.477. The zero-order valence-electron chi connectivity index (χ0n) is 12.3. The highest BCUT2D eigenvalue weighted by Gasteiger charge is 2.05. The minimum Gasteiger partial charge on any atom is -0.506 e. The van der Waals surface area contributed by atoms with E-state index in [1.807, 2.05) is 36.4 Å². The molecule has 0 saturated heterocycles. The van der Waals surface area contributed by atoms with Gasteiger partial charge < -0.3 is 5.11 Å². The first-order valence-electron chi connectivity index (χ1n) is 7.01. The lowest BCUT2D eigenvalue weighted by Gasteiger charge is -2.03. The highest BCUT2D eigenvalue weighted by atomic mass is 16.3. The third-order valence-electron chi connectivity index (χ3n) is 3.50. The van der Waals surface area contributed by atoms with E-state index in [0.29, 0.717) is 16.9 Å². The third kappa shape index (κ3) is 2.94. The number of hydrogen-bond donors (Lipinski definition) is 1. The van der Waals surface area contributed by atoms with Gasteiger partial charge in [-0.05, 0) is 29.1 Å². The van der Waals surface area contributed by atoms with Gasteiger partial charge >= 0.3 is 0 Å². The summed E-state index contributed by atoms with van der Waals surface area (Å²) in [6.07, 6.45) is 0. The maximum absolute atomic E-state index is 10.0. The van der Waals surface area contributed by atoms with Gasteiger partial charge in [0.15, 0.2) is 0 Å².